The molecule has 0 radical (unpaired) electrons. The largest absolute Gasteiger partial charge is 0.481 e. The van der Waals surface area contributed by atoms with Gasteiger partial charge >= 0.3 is 5.97 Å². The summed E-state index contributed by atoms with van der Waals surface area (Å²) in [6.45, 7) is 0. The van der Waals surface area contributed by atoms with E-state index in [-0.39, 0.29) is 29.4 Å². The fourth-order valence-electron chi connectivity index (χ4n) is 1.16. The monoisotopic (exact) mass is 253 g/mol. The Morgan fingerprint density at radius 1 is 1.60 bits per heavy atom. The molecule has 0 aliphatic carbocycles. The highest BCUT2D eigenvalue weighted by molar-refractivity contribution is 6.31. The lowest BCUT2D eigenvalue weighted by Crippen LogP contribution is -2.16. The predicted molar refractivity (Wildman–Crippen MR) is 57.8 cm³/mol. The van der Waals surface area contributed by atoms with Gasteiger partial charge in [0.15, 0.2) is 0 Å². The van der Waals surface area contributed by atoms with Crippen molar-refractivity contribution in [3.8, 4) is 0 Å². The summed E-state index contributed by atoms with van der Waals surface area (Å²) in [4.78, 5) is 10.4. The maximum absolute atomic E-state index is 13.2. The first kappa shape index (κ1) is 14.2. The van der Waals surface area contributed by atoms with Crippen LogP contribution in [0.2, 0.25) is 5.02 Å². The SMILES string of the molecule is Cl.NC(CC(=O)O)c1c(F)cccc1Cl. The van der Waals surface area contributed by atoms with Crippen LogP contribution < -0.4 is 5.73 Å². The van der Waals surface area contributed by atoms with E-state index >= 15 is 0 Å². The molecule has 0 saturated carbocycles. The van der Waals surface area contributed by atoms with Crippen molar-refractivity contribution in [2.75, 3.05) is 0 Å². The molecular formula is C9H10Cl2FNO2. The molecule has 0 amide bonds. The molecule has 1 aromatic carbocycles. The second-order valence-electron chi connectivity index (χ2n) is 2.84. The van der Waals surface area contributed by atoms with E-state index in [1.807, 2.05) is 0 Å². The number of nitrogens with two attached hydrogens (primary N) is 1. The lowest BCUT2D eigenvalue weighted by molar-refractivity contribution is -0.137. The highest BCUT2D eigenvalue weighted by atomic mass is 35.5. The molecule has 6 heteroatoms. The van der Waals surface area contributed by atoms with Gasteiger partial charge in [-0.15, -0.1) is 12.4 Å². The van der Waals surface area contributed by atoms with Crippen molar-refractivity contribution in [1.82, 2.24) is 0 Å². The van der Waals surface area contributed by atoms with Crippen molar-refractivity contribution >= 4 is 30.0 Å². The second kappa shape index (κ2) is 5.90. The van der Waals surface area contributed by atoms with Gasteiger partial charge in [0.2, 0.25) is 0 Å². The maximum Gasteiger partial charge on any atom is 0.305 e. The van der Waals surface area contributed by atoms with E-state index < -0.39 is 17.8 Å². The molecule has 84 valence electrons. The molecule has 0 aliphatic rings. The quantitative estimate of drug-likeness (QED) is 0.870. The van der Waals surface area contributed by atoms with Crippen LogP contribution in [0.3, 0.4) is 0 Å². The van der Waals surface area contributed by atoms with Crippen molar-refractivity contribution < 1.29 is 14.3 Å². The summed E-state index contributed by atoms with van der Waals surface area (Å²) in [7, 11) is 0. The third-order valence-electron chi connectivity index (χ3n) is 1.77. The molecule has 15 heavy (non-hydrogen) atoms. The number of carbonyl (C=O) groups is 1. The Hall–Kier alpha value is -0.840. The molecule has 1 unspecified atom stereocenters. The molecule has 1 atom stereocenters. The van der Waals surface area contributed by atoms with E-state index in [0.29, 0.717) is 0 Å². The molecule has 0 fully saturated rings. The normalized spacial score (nSPS) is 11.7. The Labute approximate surface area is 97.4 Å². The number of hydrogen-bond acceptors (Lipinski definition) is 2. The van der Waals surface area contributed by atoms with Crippen LogP contribution in [0, 0.1) is 5.82 Å². The number of carboxylic acid groups (broad SMARTS) is 1. The Kier molecular flexibility index (Phi) is 5.57. The van der Waals surface area contributed by atoms with E-state index in [0.717, 1.165) is 0 Å². The Balaban J connectivity index is 0.00000196. The Morgan fingerprint density at radius 3 is 2.67 bits per heavy atom. The molecule has 1 rings (SSSR count). The third-order valence-corrected chi connectivity index (χ3v) is 2.09. The number of halogens is 3. The van der Waals surface area contributed by atoms with Gasteiger partial charge in [-0.1, -0.05) is 17.7 Å². The lowest BCUT2D eigenvalue weighted by atomic mass is 10.0. The first-order valence-electron chi connectivity index (χ1n) is 3.93. The molecule has 0 spiro atoms. The van der Waals surface area contributed by atoms with Crippen LogP contribution >= 0.6 is 24.0 Å². The number of aliphatic carboxylic acids is 1. The van der Waals surface area contributed by atoms with Crippen molar-refractivity contribution in [2.45, 2.75) is 12.5 Å². The van der Waals surface area contributed by atoms with E-state index in [2.05, 4.69) is 0 Å². The first-order chi connectivity index (χ1) is 6.52. The van der Waals surface area contributed by atoms with Gasteiger partial charge in [-0.3, -0.25) is 4.79 Å². The number of benzene rings is 1. The van der Waals surface area contributed by atoms with E-state index in [4.69, 9.17) is 22.4 Å². The summed E-state index contributed by atoms with van der Waals surface area (Å²) in [6.07, 6.45) is -0.347. The van der Waals surface area contributed by atoms with Crippen LogP contribution in [0.15, 0.2) is 18.2 Å². The molecule has 0 bridgehead atoms. The molecule has 3 nitrogen and oxygen atoms in total. The van der Waals surface area contributed by atoms with Gasteiger partial charge in [-0.2, -0.15) is 0 Å². The zero-order valence-corrected chi connectivity index (χ0v) is 9.19. The maximum atomic E-state index is 13.2. The van der Waals surface area contributed by atoms with Crippen molar-refractivity contribution in [1.29, 1.82) is 0 Å². The van der Waals surface area contributed by atoms with Crippen LogP contribution in [0.5, 0.6) is 0 Å². The van der Waals surface area contributed by atoms with Gasteiger partial charge < -0.3 is 10.8 Å². The predicted octanol–water partition coefficient (Wildman–Crippen LogP) is 2.38. The minimum Gasteiger partial charge on any atom is -0.481 e. The van der Waals surface area contributed by atoms with Gasteiger partial charge in [-0.05, 0) is 12.1 Å². The summed E-state index contributed by atoms with van der Waals surface area (Å²) in [5, 5.41) is 8.63. The van der Waals surface area contributed by atoms with Crippen molar-refractivity contribution in [2.24, 2.45) is 5.73 Å². The molecule has 0 saturated heterocycles. The highest BCUT2D eigenvalue weighted by Gasteiger charge is 2.17. The fourth-order valence-corrected chi connectivity index (χ4v) is 1.46. The van der Waals surface area contributed by atoms with Crippen LogP contribution in [-0.4, -0.2) is 11.1 Å². The van der Waals surface area contributed by atoms with E-state index in [1.165, 1.54) is 18.2 Å². The average molecular weight is 254 g/mol. The number of hydrogen-bond donors (Lipinski definition) is 2. The van der Waals surface area contributed by atoms with E-state index in [9.17, 15) is 9.18 Å². The van der Waals surface area contributed by atoms with Gasteiger partial charge in [0, 0.05) is 16.6 Å². The molecule has 0 aromatic heterocycles. The second-order valence-corrected chi connectivity index (χ2v) is 3.25. The molecular weight excluding hydrogens is 244 g/mol. The fraction of sp³-hybridized carbons (Fsp3) is 0.222. The van der Waals surface area contributed by atoms with Gasteiger partial charge in [0.05, 0.1) is 6.42 Å². The van der Waals surface area contributed by atoms with Crippen molar-refractivity contribution in [3.05, 3.63) is 34.6 Å². The molecule has 0 aliphatic heterocycles. The zero-order valence-electron chi connectivity index (χ0n) is 7.61. The smallest absolute Gasteiger partial charge is 0.305 e. The molecule has 3 N–H and O–H groups in total. The Morgan fingerprint density at radius 2 is 2.20 bits per heavy atom. The summed E-state index contributed by atoms with van der Waals surface area (Å²) < 4.78 is 13.2. The van der Waals surface area contributed by atoms with Crippen LogP contribution in [0.25, 0.3) is 0 Å². The summed E-state index contributed by atoms with van der Waals surface area (Å²) in [6, 6.07) is 3.19. The zero-order chi connectivity index (χ0) is 10.7. The van der Waals surface area contributed by atoms with Gasteiger partial charge in [0.1, 0.15) is 5.82 Å². The first-order valence-corrected chi connectivity index (χ1v) is 4.31. The van der Waals surface area contributed by atoms with E-state index in [1.54, 1.807) is 0 Å². The standard InChI is InChI=1S/C9H9ClFNO2.ClH/c10-5-2-1-3-6(11)9(5)7(12)4-8(13)14;/h1-3,7H,4,12H2,(H,13,14);1H. The molecule has 0 heterocycles. The third kappa shape index (κ3) is 3.66. The summed E-state index contributed by atoms with van der Waals surface area (Å²) in [5.74, 6) is -1.66. The highest BCUT2D eigenvalue weighted by Crippen LogP contribution is 2.26. The summed E-state index contributed by atoms with van der Waals surface area (Å²) in [5.41, 5.74) is 5.54. The number of rotatable bonds is 3. The summed E-state index contributed by atoms with van der Waals surface area (Å²) >= 11 is 5.69. The minimum atomic E-state index is -1.09. The van der Waals surface area contributed by atoms with Crippen LogP contribution in [0.1, 0.15) is 18.0 Å². The van der Waals surface area contributed by atoms with Gasteiger partial charge in [0.25, 0.3) is 0 Å². The van der Waals surface area contributed by atoms with Crippen LogP contribution in [-0.2, 0) is 4.79 Å². The topological polar surface area (TPSA) is 63.3 Å². The van der Waals surface area contributed by atoms with Gasteiger partial charge in [-0.25, -0.2) is 4.39 Å². The van der Waals surface area contributed by atoms with Crippen LogP contribution in [0.4, 0.5) is 4.39 Å². The minimum absolute atomic E-state index is 0. The lowest BCUT2D eigenvalue weighted by Gasteiger charge is -2.11. The Bertz CT molecular complexity index is 340. The van der Waals surface area contributed by atoms with Crippen molar-refractivity contribution in [3.63, 3.8) is 0 Å². The number of carboxylic acids is 1. The molecule has 1 aromatic rings. The average Bonchev–Trinajstić information content (AvgIpc) is 2.01.